The summed E-state index contributed by atoms with van der Waals surface area (Å²) in [6, 6.07) is 3.80. The summed E-state index contributed by atoms with van der Waals surface area (Å²) in [4.78, 5) is 19.3. The van der Waals surface area contributed by atoms with E-state index in [1.54, 1.807) is 6.20 Å². The van der Waals surface area contributed by atoms with Crippen LogP contribution in [0, 0.1) is 6.92 Å². The van der Waals surface area contributed by atoms with E-state index < -0.39 is 0 Å². The first-order valence-corrected chi connectivity index (χ1v) is 8.37. The zero-order valence-electron chi connectivity index (χ0n) is 12.2. The molecular weight excluding hydrogens is 320 g/mol. The van der Waals surface area contributed by atoms with Gasteiger partial charge in [0.15, 0.2) is 0 Å². The molecule has 7 heteroatoms. The lowest BCUT2D eigenvalue weighted by Crippen LogP contribution is -2.43. The van der Waals surface area contributed by atoms with Gasteiger partial charge >= 0.3 is 0 Å². The number of nitrogens with zero attached hydrogens (tertiary/aromatic N) is 2. The number of hydrogen-bond acceptors (Lipinski definition) is 5. The van der Waals surface area contributed by atoms with E-state index in [4.69, 9.17) is 11.6 Å². The number of carbonyl (C=O) groups is 1. The van der Waals surface area contributed by atoms with Crippen LogP contribution in [0.1, 0.15) is 15.2 Å². The number of pyridine rings is 1. The number of anilines is 2. The van der Waals surface area contributed by atoms with Crippen LogP contribution in [-0.2, 0) is 0 Å². The van der Waals surface area contributed by atoms with Crippen molar-refractivity contribution in [1.82, 2.24) is 10.3 Å². The number of rotatable bonds is 3. The van der Waals surface area contributed by atoms with Crippen molar-refractivity contribution in [3.05, 3.63) is 39.2 Å². The van der Waals surface area contributed by atoms with Crippen LogP contribution in [0.25, 0.3) is 0 Å². The summed E-state index contributed by atoms with van der Waals surface area (Å²) < 4.78 is 0. The number of carbonyl (C=O) groups excluding carboxylic acids is 1. The van der Waals surface area contributed by atoms with Gasteiger partial charge in [0.25, 0.3) is 5.91 Å². The fraction of sp³-hybridized carbons (Fsp3) is 0.333. The first-order chi connectivity index (χ1) is 10.6. The second kappa shape index (κ2) is 6.64. The number of hydrogen-bond donors (Lipinski definition) is 2. The Morgan fingerprint density at radius 2 is 2.18 bits per heavy atom. The largest absolute Gasteiger partial charge is 0.368 e. The molecule has 2 N–H and O–H groups in total. The lowest BCUT2D eigenvalue weighted by Gasteiger charge is -2.29. The molecule has 5 nitrogen and oxygen atoms in total. The minimum absolute atomic E-state index is 0.217. The number of nitrogens with one attached hydrogen (secondary N) is 2. The summed E-state index contributed by atoms with van der Waals surface area (Å²) in [5, 5.41) is 8.49. The number of thiophene rings is 1. The second-order valence-corrected chi connectivity index (χ2v) is 6.41. The van der Waals surface area contributed by atoms with Gasteiger partial charge in [-0.3, -0.25) is 4.79 Å². The third kappa shape index (κ3) is 3.24. The lowest BCUT2D eigenvalue weighted by atomic mass is 10.3. The van der Waals surface area contributed by atoms with E-state index in [0.717, 1.165) is 37.4 Å². The van der Waals surface area contributed by atoms with Gasteiger partial charge in [0.1, 0.15) is 10.7 Å². The van der Waals surface area contributed by atoms with Gasteiger partial charge in [-0.25, -0.2) is 4.98 Å². The Bertz CT molecular complexity index is 665. The maximum atomic E-state index is 12.2. The minimum atomic E-state index is -0.217. The van der Waals surface area contributed by atoms with Crippen molar-refractivity contribution in [3.63, 3.8) is 0 Å². The molecule has 1 aliphatic rings. The highest BCUT2D eigenvalue weighted by Crippen LogP contribution is 2.27. The molecular formula is C15H17ClN4OS. The van der Waals surface area contributed by atoms with Crippen LogP contribution in [0.3, 0.4) is 0 Å². The number of piperazine rings is 1. The summed E-state index contributed by atoms with van der Waals surface area (Å²) in [6.07, 6.45) is 1.79. The van der Waals surface area contributed by atoms with Crippen LogP contribution in [-0.4, -0.2) is 37.1 Å². The normalized spacial score (nSPS) is 14.9. The van der Waals surface area contributed by atoms with Crippen LogP contribution in [0.4, 0.5) is 11.5 Å². The standard InChI is InChI=1S/C15H17ClN4OS/c1-10-9-22-14(13(10)16)15(21)19-12-3-2-11(8-18-12)20-6-4-17-5-7-20/h2-3,8-9,17H,4-7H2,1H3,(H,18,19,21). The van der Waals surface area contributed by atoms with Gasteiger partial charge in [-0.1, -0.05) is 11.6 Å². The average molecular weight is 337 g/mol. The molecule has 0 radical (unpaired) electrons. The monoisotopic (exact) mass is 336 g/mol. The van der Waals surface area contributed by atoms with Gasteiger partial charge in [0.2, 0.25) is 0 Å². The summed E-state index contributed by atoms with van der Waals surface area (Å²) in [7, 11) is 0. The van der Waals surface area contributed by atoms with E-state index in [2.05, 4.69) is 20.5 Å². The Hall–Kier alpha value is -1.63. The quantitative estimate of drug-likeness (QED) is 0.905. The van der Waals surface area contributed by atoms with E-state index in [1.807, 2.05) is 24.4 Å². The zero-order chi connectivity index (χ0) is 15.5. The Kier molecular flexibility index (Phi) is 4.61. The number of aryl methyl sites for hydroxylation is 1. The minimum Gasteiger partial charge on any atom is -0.368 e. The SMILES string of the molecule is Cc1csc(C(=O)Nc2ccc(N3CCNCC3)cn2)c1Cl. The van der Waals surface area contributed by atoms with Crippen LogP contribution in [0.2, 0.25) is 5.02 Å². The van der Waals surface area contributed by atoms with Gasteiger partial charge in [-0.2, -0.15) is 0 Å². The fourth-order valence-electron chi connectivity index (χ4n) is 2.33. The molecule has 3 rings (SSSR count). The molecule has 116 valence electrons. The molecule has 0 atom stereocenters. The highest BCUT2D eigenvalue weighted by atomic mass is 35.5. The maximum Gasteiger partial charge on any atom is 0.268 e. The van der Waals surface area contributed by atoms with Crippen LogP contribution >= 0.6 is 22.9 Å². The molecule has 0 bridgehead atoms. The van der Waals surface area contributed by atoms with Crippen LogP contribution in [0.15, 0.2) is 23.7 Å². The summed E-state index contributed by atoms with van der Waals surface area (Å²) in [5.74, 6) is 0.316. The first-order valence-electron chi connectivity index (χ1n) is 7.12. The van der Waals surface area contributed by atoms with Gasteiger partial charge in [0, 0.05) is 26.2 Å². The predicted octanol–water partition coefficient (Wildman–Crippen LogP) is 2.77. The summed E-state index contributed by atoms with van der Waals surface area (Å²) in [5.41, 5.74) is 1.99. The number of amides is 1. The zero-order valence-corrected chi connectivity index (χ0v) is 13.8. The summed E-state index contributed by atoms with van der Waals surface area (Å²) >= 11 is 7.46. The lowest BCUT2D eigenvalue weighted by molar-refractivity contribution is 0.103. The highest BCUT2D eigenvalue weighted by Gasteiger charge is 2.16. The van der Waals surface area contributed by atoms with Crippen molar-refractivity contribution in [2.45, 2.75) is 6.92 Å². The van der Waals surface area contributed by atoms with Gasteiger partial charge in [-0.05, 0) is 30.0 Å². The van der Waals surface area contributed by atoms with E-state index >= 15 is 0 Å². The third-order valence-electron chi connectivity index (χ3n) is 3.58. The van der Waals surface area contributed by atoms with Crippen molar-refractivity contribution in [2.24, 2.45) is 0 Å². The molecule has 22 heavy (non-hydrogen) atoms. The molecule has 0 aliphatic carbocycles. The Labute approximate surface area is 138 Å². The van der Waals surface area contributed by atoms with Crippen molar-refractivity contribution in [2.75, 3.05) is 36.4 Å². The maximum absolute atomic E-state index is 12.2. The molecule has 1 fully saturated rings. The van der Waals surface area contributed by atoms with Crippen molar-refractivity contribution >= 4 is 40.4 Å². The molecule has 0 unspecified atom stereocenters. The molecule has 3 heterocycles. The fourth-order valence-corrected chi connectivity index (χ4v) is 3.50. The summed E-state index contributed by atoms with van der Waals surface area (Å²) in [6.45, 7) is 5.79. The molecule has 2 aromatic rings. The van der Waals surface area contributed by atoms with E-state index in [9.17, 15) is 4.79 Å². The smallest absolute Gasteiger partial charge is 0.268 e. The van der Waals surface area contributed by atoms with Gasteiger partial charge < -0.3 is 15.5 Å². The molecule has 1 aliphatic heterocycles. The second-order valence-electron chi connectivity index (χ2n) is 5.15. The molecule has 0 saturated carbocycles. The van der Waals surface area contributed by atoms with Crippen molar-refractivity contribution < 1.29 is 4.79 Å². The third-order valence-corrected chi connectivity index (χ3v) is 5.27. The van der Waals surface area contributed by atoms with Gasteiger partial charge in [-0.15, -0.1) is 11.3 Å². The molecule has 0 spiro atoms. The molecule has 0 aromatic carbocycles. The first kappa shape index (κ1) is 15.3. The van der Waals surface area contributed by atoms with E-state index in [0.29, 0.717) is 15.7 Å². The van der Waals surface area contributed by atoms with E-state index in [1.165, 1.54) is 11.3 Å². The topological polar surface area (TPSA) is 57.3 Å². The van der Waals surface area contributed by atoms with Crippen molar-refractivity contribution in [1.29, 1.82) is 0 Å². The predicted molar refractivity (Wildman–Crippen MR) is 91.3 cm³/mol. The Balaban J connectivity index is 1.68. The number of halogens is 1. The molecule has 1 saturated heterocycles. The molecule has 1 amide bonds. The Morgan fingerprint density at radius 3 is 2.77 bits per heavy atom. The molecule has 2 aromatic heterocycles. The number of aromatic nitrogens is 1. The highest BCUT2D eigenvalue weighted by molar-refractivity contribution is 7.13. The van der Waals surface area contributed by atoms with Crippen LogP contribution < -0.4 is 15.5 Å². The average Bonchev–Trinajstić information content (AvgIpc) is 2.88. The Morgan fingerprint density at radius 1 is 1.41 bits per heavy atom. The van der Waals surface area contributed by atoms with Crippen molar-refractivity contribution in [3.8, 4) is 0 Å². The van der Waals surface area contributed by atoms with Crippen LogP contribution in [0.5, 0.6) is 0 Å². The van der Waals surface area contributed by atoms with Gasteiger partial charge in [0.05, 0.1) is 16.9 Å². The van der Waals surface area contributed by atoms with E-state index in [-0.39, 0.29) is 5.91 Å².